The van der Waals surface area contributed by atoms with Crippen LogP contribution in [0.4, 0.5) is 5.82 Å². The molecule has 1 amide bonds. The lowest BCUT2D eigenvalue weighted by molar-refractivity contribution is -0.149. The van der Waals surface area contributed by atoms with Crippen LogP contribution in [-0.2, 0) is 14.3 Å². The number of fused-ring (bicyclic) bond motifs is 1. The summed E-state index contributed by atoms with van der Waals surface area (Å²) in [6, 6.07) is 7.93. The molecule has 1 saturated heterocycles. The third-order valence-corrected chi connectivity index (χ3v) is 7.56. The number of nitrogens with zero attached hydrogens (tertiary/aromatic N) is 6. The fourth-order valence-electron chi connectivity index (χ4n) is 5.07. The Morgan fingerprint density at radius 1 is 1.26 bits per heavy atom. The van der Waals surface area contributed by atoms with Crippen molar-refractivity contribution in [3.63, 3.8) is 0 Å². The summed E-state index contributed by atoms with van der Waals surface area (Å²) in [5.74, 6) is -0.298. The van der Waals surface area contributed by atoms with Crippen LogP contribution in [0.5, 0.6) is 5.75 Å². The number of allylic oxidation sites excluding steroid dienone is 1. The predicted octanol–water partition coefficient (Wildman–Crippen LogP) is 2.35. The van der Waals surface area contributed by atoms with Crippen LogP contribution in [0, 0.1) is 11.3 Å². The van der Waals surface area contributed by atoms with Gasteiger partial charge in [-0.2, -0.15) is 10.4 Å². The number of aliphatic imine (C=N–C) groups is 1. The minimum absolute atomic E-state index is 0.0945. The fourth-order valence-corrected chi connectivity index (χ4v) is 5.07. The summed E-state index contributed by atoms with van der Waals surface area (Å²) >= 11 is 0. The maximum Gasteiger partial charge on any atom is 0.321 e. The maximum absolute atomic E-state index is 13.3. The van der Waals surface area contributed by atoms with Crippen LogP contribution in [0.2, 0.25) is 0 Å². The molecule has 0 spiro atoms. The second-order valence-corrected chi connectivity index (χ2v) is 11.5. The maximum atomic E-state index is 13.3. The highest BCUT2D eigenvalue weighted by atomic mass is 16.5. The molecule has 2 aliphatic heterocycles. The Morgan fingerprint density at radius 2 is 2.02 bits per heavy atom. The molecule has 3 aromatic heterocycles. The molecule has 3 N–H and O–H groups in total. The van der Waals surface area contributed by atoms with Gasteiger partial charge in [0.25, 0.3) is 5.91 Å². The second kappa shape index (κ2) is 11.5. The van der Waals surface area contributed by atoms with E-state index in [4.69, 9.17) is 19.2 Å². The molecule has 1 atom stereocenters. The minimum Gasteiger partial charge on any atom is -0.489 e. The molecule has 1 fully saturated rings. The van der Waals surface area contributed by atoms with Crippen molar-refractivity contribution < 1.29 is 24.1 Å². The number of aromatic nitrogens is 3. The Labute approximate surface area is 249 Å². The number of nitriles is 1. The van der Waals surface area contributed by atoms with Gasteiger partial charge in [-0.3, -0.25) is 4.79 Å². The fraction of sp³-hybridized carbons (Fsp3) is 0.433. The Hall–Kier alpha value is -4.67. The Kier molecular flexibility index (Phi) is 8.00. The van der Waals surface area contributed by atoms with Crippen LogP contribution < -0.4 is 20.3 Å². The van der Waals surface area contributed by atoms with Crippen LogP contribution in [0.25, 0.3) is 16.6 Å². The number of hydrogen-bond donors (Lipinski definition) is 3. The summed E-state index contributed by atoms with van der Waals surface area (Å²) in [4.78, 5) is 24.4. The van der Waals surface area contributed by atoms with E-state index in [0.717, 1.165) is 16.9 Å². The van der Waals surface area contributed by atoms with E-state index in [1.807, 2.05) is 25.1 Å². The molecule has 0 aliphatic carbocycles. The number of aliphatic hydroxyl groups is 1. The van der Waals surface area contributed by atoms with E-state index in [1.54, 1.807) is 36.8 Å². The van der Waals surface area contributed by atoms with Crippen molar-refractivity contribution in [2.75, 3.05) is 38.8 Å². The second-order valence-electron chi connectivity index (χ2n) is 11.5. The van der Waals surface area contributed by atoms with E-state index in [0.29, 0.717) is 48.6 Å². The summed E-state index contributed by atoms with van der Waals surface area (Å²) in [6.45, 7) is 6.79. The molecule has 5 rings (SSSR count). The van der Waals surface area contributed by atoms with Crippen LogP contribution in [0.1, 0.15) is 39.2 Å². The zero-order chi connectivity index (χ0) is 30.8. The van der Waals surface area contributed by atoms with Crippen molar-refractivity contribution in [2.24, 2.45) is 4.99 Å². The molecular formula is C30H36N8O5. The molecule has 2 aliphatic rings. The summed E-state index contributed by atoms with van der Waals surface area (Å²) in [5, 5.41) is 30.1. The standard InChI is InChI=1S/C30H36N8O5/c1-28(2,40)19-43-22-14-23(26-21(15-31)17-34-38(26)18-22)20-6-7-24(32-16-20)37-12-9-29(3,10-13-37)36-27(39)30(42-5)33-11-8-25(35-30)41-4/h6-8,11,14,16-18,35,40H,9-10,12-13,19H2,1-5H3,(H,36,39). The van der Waals surface area contributed by atoms with Gasteiger partial charge in [-0.25, -0.2) is 14.5 Å². The Balaban J connectivity index is 1.29. The summed E-state index contributed by atoms with van der Waals surface area (Å²) in [7, 11) is 2.92. The van der Waals surface area contributed by atoms with Crippen LogP contribution in [-0.4, -0.2) is 82.7 Å². The molecule has 0 saturated carbocycles. The van der Waals surface area contributed by atoms with Gasteiger partial charge in [0.05, 0.1) is 36.2 Å². The van der Waals surface area contributed by atoms with Gasteiger partial charge in [-0.1, -0.05) is 0 Å². The Bertz CT molecular complexity index is 1590. The molecule has 0 bridgehead atoms. The van der Waals surface area contributed by atoms with E-state index in [9.17, 15) is 15.2 Å². The monoisotopic (exact) mass is 588 g/mol. The molecule has 5 heterocycles. The highest BCUT2D eigenvalue weighted by Crippen LogP contribution is 2.33. The first-order valence-electron chi connectivity index (χ1n) is 13.9. The number of anilines is 1. The molecule has 43 heavy (non-hydrogen) atoms. The summed E-state index contributed by atoms with van der Waals surface area (Å²) < 4.78 is 18.1. The lowest BCUT2D eigenvalue weighted by Gasteiger charge is -2.42. The van der Waals surface area contributed by atoms with Crippen molar-refractivity contribution in [3.05, 3.63) is 54.3 Å². The van der Waals surface area contributed by atoms with Crippen molar-refractivity contribution in [1.82, 2.24) is 25.2 Å². The molecule has 0 aromatic carbocycles. The first-order chi connectivity index (χ1) is 20.5. The number of rotatable bonds is 9. The number of pyridine rings is 2. The van der Waals surface area contributed by atoms with Gasteiger partial charge in [0.15, 0.2) is 5.88 Å². The number of piperidine rings is 1. The first kappa shape index (κ1) is 29.8. The average Bonchev–Trinajstić information content (AvgIpc) is 3.43. The number of nitrogens with one attached hydrogen (secondary N) is 2. The quantitative estimate of drug-likeness (QED) is 0.339. The van der Waals surface area contributed by atoms with Gasteiger partial charge >= 0.3 is 5.85 Å². The number of hydrogen-bond acceptors (Lipinski definition) is 11. The van der Waals surface area contributed by atoms with Crippen molar-refractivity contribution >= 4 is 23.5 Å². The smallest absolute Gasteiger partial charge is 0.321 e. The van der Waals surface area contributed by atoms with Crippen molar-refractivity contribution in [3.8, 4) is 22.9 Å². The largest absolute Gasteiger partial charge is 0.489 e. The van der Waals surface area contributed by atoms with Crippen molar-refractivity contribution in [2.45, 2.75) is 50.6 Å². The topological polar surface area (TPSA) is 159 Å². The number of carbonyl (C=O) groups is 1. The summed E-state index contributed by atoms with van der Waals surface area (Å²) in [5.41, 5.74) is 1.14. The normalized spacial score (nSPS) is 19.7. The lowest BCUT2D eigenvalue weighted by Crippen LogP contribution is -2.63. The number of methoxy groups -OCH3 is 2. The van der Waals surface area contributed by atoms with Gasteiger partial charge < -0.3 is 34.9 Å². The molecule has 13 heteroatoms. The third-order valence-electron chi connectivity index (χ3n) is 7.56. The van der Waals surface area contributed by atoms with E-state index < -0.39 is 22.9 Å². The van der Waals surface area contributed by atoms with Gasteiger partial charge in [-0.05, 0) is 51.8 Å². The van der Waals surface area contributed by atoms with Crippen LogP contribution in [0.3, 0.4) is 0 Å². The highest BCUT2D eigenvalue weighted by Gasteiger charge is 2.44. The van der Waals surface area contributed by atoms with E-state index >= 15 is 0 Å². The molecule has 226 valence electrons. The molecular weight excluding hydrogens is 552 g/mol. The number of ether oxygens (including phenoxy) is 3. The average molecular weight is 589 g/mol. The Morgan fingerprint density at radius 3 is 2.65 bits per heavy atom. The summed E-state index contributed by atoms with van der Waals surface area (Å²) in [6.07, 6.45) is 9.44. The molecule has 3 aromatic rings. The van der Waals surface area contributed by atoms with Gasteiger partial charge in [-0.15, -0.1) is 0 Å². The SMILES string of the molecule is COC1=CC=NC(OC)(C(=O)NC2(C)CCN(c3ccc(-c4cc(OCC(C)(C)O)cn5ncc(C#N)c45)cn3)CC2)N1. The third kappa shape index (κ3) is 6.25. The molecule has 1 unspecified atom stereocenters. The minimum atomic E-state index is -1.60. The van der Waals surface area contributed by atoms with E-state index in [1.165, 1.54) is 26.6 Å². The first-order valence-corrected chi connectivity index (χ1v) is 13.9. The van der Waals surface area contributed by atoms with Crippen molar-refractivity contribution in [1.29, 1.82) is 5.26 Å². The number of amides is 1. The zero-order valence-corrected chi connectivity index (χ0v) is 24.9. The lowest BCUT2D eigenvalue weighted by atomic mass is 9.89. The zero-order valence-electron chi connectivity index (χ0n) is 24.9. The van der Waals surface area contributed by atoms with Gasteiger partial charge in [0.1, 0.15) is 24.2 Å². The molecule has 13 nitrogen and oxygen atoms in total. The van der Waals surface area contributed by atoms with E-state index in [2.05, 4.69) is 31.7 Å². The van der Waals surface area contributed by atoms with Gasteiger partial charge in [0, 0.05) is 55.4 Å². The molecule has 0 radical (unpaired) electrons. The highest BCUT2D eigenvalue weighted by molar-refractivity contribution is 5.89. The number of carbonyl (C=O) groups excluding carboxylic acids is 1. The van der Waals surface area contributed by atoms with Crippen LogP contribution in [0.15, 0.2) is 53.7 Å². The van der Waals surface area contributed by atoms with Gasteiger partial charge in [0.2, 0.25) is 0 Å². The van der Waals surface area contributed by atoms with E-state index in [-0.39, 0.29) is 6.61 Å². The predicted molar refractivity (Wildman–Crippen MR) is 159 cm³/mol. The van der Waals surface area contributed by atoms with Crippen LogP contribution >= 0.6 is 0 Å².